The third-order valence-electron chi connectivity index (χ3n) is 9.34. The minimum atomic E-state index is -4.45. The van der Waals surface area contributed by atoms with Gasteiger partial charge < -0.3 is 16.0 Å². The fourth-order valence-electron chi connectivity index (χ4n) is 5.95. The molecule has 3 fully saturated rings. The van der Waals surface area contributed by atoms with Crippen LogP contribution in [0.3, 0.4) is 0 Å². The topological polar surface area (TPSA) is 200 Å². The molecule has 5 N–H and O–H groups in total. The highest BCUT2D eigenvalue weighted by atomic mass is 79.9. The highest BCUT2D eigenvalue weighted by molar-refractivity contribution is 9.09. The highest BCUT2D eigenvalue weighted by Crippen LogP contribution is 2.33. The van der Waals surface area contributed by atoms with E-state index in [0.717, 1.165) is 29.2 Å². The van der Waals surface area contributed by atoms with Gasteiger partial charge in [0.2, 0.25) is 0 Å². The van der Waals surface area contributed by atoms with Gasteiger partial charge in [0.15, 0.2) is 11.6 Å². The Balaban J connectivity index is 0.000000190. The smallest absolute Gasteiger partial charge is 0.325 e. The number of rotatable bonds is 13. The number of urea groups is 3. The molecule has 0 bridgehead atoms. The van der Waals surface area contributed by atoms with E-state index in [4.69, 9.17) is 0 Å². The number of benzene rings is 4. The Hall–Kier alpha value is -6.46. The number of amides is 9. The molecule has 4 aromatic rings. The predicted molar refractivity (Wildman–Crippen MR) is 236 cm³/mol. The summed E-state index contributed by atoms with van der Waals surface area (Å²) in [5.41, 5.74) is 1.17. The zero-order chi connectivity index (χ0) is 48.3. The molecule has 0 aliphatic carbocycles. The minimum Gasteiger partial charge on any atom is -0.325 e. The Morgan fingerprint density at radius 1 is 0.606 bits per heavy atom. The number of alkyl halides is 7. The zero-order valence-electron chi connectivity index (χ0n) is 33.8. The quantitative estimate of drug-likeness (QED) is 0.0171. The van der Waals surface area contributed by atoms with Crippen molar-refractivity contribution in [2.45, 2.75) is 24.4 Å². The molecule has 66 heavy (non-hydrogen) atoms. The van der Waals surface area contributed by atoms with Gasteiger partial charge in [0.05, 0.1) is 23.0 Å². The minimum absolute atomic E-state index is 0.0689. The average molecular weight is 1020 g/mol. The van der Waals surface area contributed by atoms with Crippen molar-refractivity contribution in [1.82, 2.24) is 31.5 Å². The normalized spacial score (nSPS) is 16.8. The number of imide groups is 3. The Kier molecular flexibility index (Phi) is 17.0. The SMILES string of the molecule is C=C1NC(=O)N(CC(=O)c2ccc(-c3cccc(C(F)(F)F)c3)cc2)C1=O.O=C(CBr)c1ccc(-c2cccc(C(F)(F)F)c2)cc1.O=C1NC(=O)[C@H](CSCSC[C@@H]2NC(=O)NC2=O)N1. The van der Waals surface area contributed by atoms with Gasteiger partial charge in [-0.25, -0.2) is 14.4 Å². The van der Waals surface area contributed by atoms with Gasteiger partial charge in [0, 0.05) is 27.7 Å². The largest absolute Gasteiger partial charge is 0.416 e. The van der Waals surface area contributed by atoms with Gasteiger partial charge in [-0.15, -0.1) is 23.5 Å². The first kappa shape index (κ1) is 50.5. The standard InChI is InChI=1S/C19H13F3N2O3.C15H10BrF3O.C9H12N4O4S2/c1-11-17(26)24(18(27)23-11)10-16(25)13-7-5-12(6-8-13)14-3-2-4-15(9-14)19(20,21)22;16-9-14(20)11-6-4-10(5-7-11)12-2-1-3-13(8-12)15(17,18)19;14-6-4(10-8(16)12-6)1-18-3-19-2-5-7(15)13-9(17)11-5/h2-9H,1,10H2,(H,23,27);1-8H,9H2;4-5H,1-3H2,(H2,10,12,14,16)(H2,11,13,15,17)/t;;4-,5-/m..0/s1. The molecule has 4 aromatic carbocycles. The molecule has 346 valence electrons. The van der Waals surface area contributed by atoms with Crippen molar-refractivity contribution >= 4 is 86.8 Å². The van der Waals surface area contributed by atoms with Gasteiger partial charge in [-0.05, 0) is 46.5 Å². The maximum Gasteiger partial charge on any atom is 0.416 e. The lowest BCUT2D eigenvalue weighted by Gasteiger charge is -2.11. The molecule has 3 aliphatic rings. The average Bonchev–Trinajstić information content (AvgIpc) is 3.88. The van der Waals surface area contributed by atoms with Gasteiger partial charge in [0.25, 0.3) is 17.7 Å². The molecule has 23 heteroatoms. The molecule has 0 unspecified atom stereocenters. The van der Waals surface area contributed by atoms with Crippen LogP contribution in [0.5, 0.6) is 0 Å². The summed E-state index contributed by atoms with van der Waals surface area (Å²) in [6.45, 7) is 2.92. The molecule has 3 saturated heterocycles. The molecule has 0 aromatic heterocycles. The van der Waals surface area contributed by atoms with Crippen LogP contribution in [0, 0.1) is 0 Å². The molecule has 3 aliphatic heterocycles. The van der Waals surface area contributed by atoms with Crippen molar-refractivity contribution in [3.8, 4) is 22.3 Å². The number of carbonyl (C=O) groups is 8. The Bertz CT molecular complexity index is 2510. The van der Waals surface area contributed by atoms with Crippen molar-refractivity contribution in [3.63, 3.8) is 0 Å². The molecule has 2 atom stereocenters. The van der Waals surface area contributed by atoms with E-state index in [1.807, 2.05) is 0 Å². The van der Waals surface area contributed by atoms with Crippen LogP contribution in [0.2, 0.25) is 0 Å². The number of Topliss-reactive ketones (excluding diaryl/α,β-unsaturated/α-hetero) is 2. The van der Waals surface area contributed by atoms with Crippen LogP contribution in [-0.2, 0) is 26.7 Å². The molecule has 0 saturated carbocycles. The molecule has 7 rings (SSSR count). The van der Waals surface area contributed by atoms with Crippen LogP contribution in [0.25, 0.3) is 22.3 Å². The lowest BCUT2D eigenvalue weighted by atomic mass is 10.0. The summed E-state index contributed by atoms with van der Waals surface area (Å²) in [6.07, 6.45) is -8.80. The fraction of sp³-hybridized carbons (Fsp3) is 0.209. The summed E-state index contributed by atoms with van der Waals surface area (Å²) in [7, 11) is 0. The molecular formula is C43H35BrF6N6O8S2. The summed E-state index contributed by atoms with van der Waals surface area (Å²) in [5.74, 6) is -0.894. The lowest BCUT2D eigenvalue weighted by molar-refractivity contribution is -0.138. The first-order chi connectivity index (χ1) is 31.1. The van der Waals surface area contributed by atoms with E-state index in [1.54, 1.807) is 30.3 Å². The highest BCUT2D eigenvalue weighted by Gasteiger charge is 2.35. The van der Waals surface area contributed by atoms with Crippen LogP contribution in [0.4, 0.5) is 40.7 Å². The van der Waals surface area contributed by atoms with E-state index in [-0.39, 0.29) is 34.2 Å². The number of hydrogen-bond donors (Lipinski definition) is 5. The first-order valence-electron chi connectivity index (χ1n) is 19.0. The summed E-state index contributed by atoms with van der Waals surface area (Å²) >= 11 is 6.04. The summed E-state index contributed by atoms with van der Waals surface area (Å²) in [4.78, 5) is 92.0. The Morgan fingerprint density at radius 3 is 1.38 bits per heavy atom. The molecule has 0 radical (unpaired) electrons. The third-order valence-corrected chi connectivity index (χ3v) is 12.3. The van der Waals surface area contributed by atoms with Crippen LogP contribution in [0.1, 0.15) is 31.8 Å². The Morgan fingerprint density at radius 2 is 1.03 bits per heavy atom. The van der Waals surface area contributed by atoms with Crippen LogP contribution >= 0.6 is 39.5 Å². The maximum absolute atomic E-state index is 12.8. The monoisotopic (exact) mass is 1020 g/mol. The number of thioether (sulfide) groups is 2. The van der Waals surface area contributed by atoms with Crippen molar-refractivity contribution < 1.29 is 64.7 Å². The molecular weight excluding hydrogens is 987 g/mol. The van der Waals surface area contributed by atoms with E-state index in [1.165, 1.54) is 66.0 Å². The second-order valence-corrected chi connectivity index (χ2v) is 17.0. The summed E-state index contributed by atoms with van der Waals surface area (Å²) in [6, 6.07) is 19.7. The van der Waals surface area contributed by atoms with Gasteiger partial charge in [-0.2, -0.15) is 26.3 Å². The van der Waals surface area contributed by atoms with Crippen LogP contribution < -0.4 is 26.6 Å². The number of ketones is 2. The van der Waals surface area contributed by atoms with Crippen molar-refractivity contribution in [2.24, 2.45) is 0 Å². The summed E-state index contributed by atoms with van der Waals surface area (Å²) < 4.78 is 76.4. The van der Waals surface area contributed by atoms with Crippen molar-refractivity contribution in [2.75, 3.05) is 28.5 Å². The second-order valence-electron chi connectivity index (χ2n) is 14.0. The van der Waals surface area contributed by atoms with E-state index < -0.39 is 71.9 Å². The van der Waals surface area contributed by atoms with E-state index >= 15 is 0 Å². The van der Waals surface area contributed by atoms with Gasteiger partial charge in [0.1, 0.15) is 17.8 Å². The van der Waals surface area contributed by atoms with Crippen molar-refractivity contribution in [3.05, 3.63) is 132 Å². The van der Waals surface area contributed by atoms with Gasteiger partial charge in [-0.3, -0.25) is 39.5 Å². The van der Waals surface area contributed by atoms with Crippen LogP contribution in [0.15, 0.2) is 109 Å². The molecule has 0 spiro atoms. The van der Waals surface area contributed by atoms with E-state index in [0.29, 0.717) is 44.4 Å². The molecule has 3 heterocycles. The number of halogens is 7. The number of carbonyl (C=O) groups excluding carboxylic acids is 8. The van der Waals surface area contributed by atoms with Gasteiger partial charge >= 0.3 is 30.4 Å². The Labute approximate surface area is 388 Å². The molecule has 9 amide bonds. The molecule has 14 nitrogen and oxygen atoms in total. The first-order valence-corrected chi connectivity index (χ1v) is 22.5. The maximum atomic E-state index is 12.8. The lowest BCUT2D eigenvalue weighted by Crippen LogP contribution is -2.35. The number of hydrogen-bond acceptors (Lipinski definition) is 10. The van der Waals surface area contributed by atoms with E-state index in [2.05, 4.69) is 49.1 Å². The van der Waals surface area contributed by atoms with Gasteiger partial charge in [-0.1, -0.05) is 95.3 Å². The summed E-state index contributed by atoms with van der Waals surface area (Å²) in [5, 5.41) is 12.4. The zero-order valence-corrected chi connectivity index (χ0v) is 37.0. The predicted octanol–water partition coefficient (Wildman–Crippen LogP) is 7.40. The fourth-order valence-corrected chi connectivity index (χ4v) is 8.46. The van der Waals surface area contributed by atoms with Crippen molar-refractivity contribution in [1.29, 1.82) is 0 Å². The number of nitrogens with one attached hydrogen (secondary N) is 5. The third kappa shape index (κ3) is 13.8. The second kappa shape index (κ2) is 22.2. The van der Waals surface area contributed by atoms with Crippen LogP contribution in [-0.4, -0.2) is 92.8 Å². The van der Waals surface area contributed by atoms with E-state index in [9.17, 15) is 64.7 Å². The number of nitrogens with zero attached hydrogens (tertiary/aromatic N) is 1.